The summed E-state index contributed by atoms with van der Waals surface area (Å²) in [5.41, 5.74) is -3.27. The van der Waals surface area contributed by atoms with Crippen LogP contribution in [0.3, 0.4) is 0 Å². The Morgan fingerprint density at radius 1 is 0.510 bits per heavy atom. The molecule has 520 valence electrons. The molecule has 2 unspecified atom stereocenters. The van der Waals surface area contributed by atoms with Crippen molar-refractivity contribution in [1.82, 2.24) is 44.1 Å². The summed E-state index contributed by atoms with van der Waals surface area (Å²) in [5, 5.41) is 22.6. The lowest BCUT2D eigenvalue weighted by Gasteiger charge is -2.48. The third kappa shape index (κ3) is 17.3. The van der Waals surface area contributed by atoms with Crippen molar-refractivity contribution in [2.45, 2.75) is 191 Å². The molecule has 96 heavy (non-hydrogen) atoms. The van der Waals surface area contributed by atoms with Gasteiger partial charge < -0.3 is 43.9 Å². The van der Waals surface area contributed by atoms with Crippen LogP contribution >= 0.6 is 0 Å². The van der Waals surface area contributed by atoms with Gasteiger partial charge >= 0.3 is 48.8 Å². The SMILES string of the molecule is CC[C@@H]1CC(N(Cc2cc(C(F)(F)F)cc(C(F)(F)F)c2)c2ncc(-c3cnn(C)c3)cn2)C[C@H](CC)N1C(=O)OC1CC(C(=O)O)C1.C[C@@H]1CC(N(Cc2cc(C(F)(F)F)cc(C(F)(F)F)c2)c2ncc(-c3ccn(C)c3)cn2)C[C@H](C)N1C(=O)OC1CCC(C(=O)O)CC1. The summed E-state index contributed by atoms with van der Waals surface area (Å²) in [6.45, 7) is 6.63. The Labute approximate surface area is 544 Å². The van der Waals surface area contributed by atoms with Crippen molar-refractivity contribution < 1.29 is 91.5 Å². The van der Waals surface area contributed by atoms with E-state index in [2.05, 4.69) is 25.0 Å². The number of rotatable bonds is 16. The number of benzene rings is 2. The molecule has 31 heteroatoms. The normalized spacial score (nSPS) is 23.3. The third-order valence-corrected chi connectivity index (χ3v) is 18.3. The Balaban J connectivity index is 0.000000225. The molecule has 6 atom stereocenters. The number of carboxylic acids is 2. The van der Waals surface area contributed by atoms with Crippen molar-refractivity contribution in [1.29, 1.82) is 0 Å². The zero-order chi connectivity index (χ0) is 69.9. The number of hydrogen-bond donors (Lipinski definition) is 2. The van der Waals surface area contributed by atoms with Crippen LogP contribution in [0.25, 0.3) is 22.3 Å². The number of hydrogen-bond acceptors (Lipinski definition) is 13. The van der Waals surface area contributed by atoms with Crippen LogP contribution in [0, 0.1) is 11.8 Å². The Kier molecular flexibility index (Phi) is 21.6. The molecule has 0 spiro atoms. The van der Waals surface area contributed by atoms with Gasteiger partial charge in [0.1, 0.15) is 12.2 Å². The molecular formula is C65H73F12N11O8. The highest BCUT2D eigenvalue weighted by atomic mass is 19.4. The summed E-state index contributed by atoms with van der Waals surface area (Å²) in [6.07, 6.45) is -4.57. The standard InChI is InChI=1S/C33H37F6N5O4.C32H36F6N6O4/c1-19-10-27(11-20(2)44(19)31(47)48-28-6-4-22(5-7-28)29(45)46)43(30-40-15-24(16-41-30)23-8-9-42(3)18-23)17-21-12-25(32(34,35)36)14-26(13-21)33(37,38)39;1-4-24-11-26(12-25(5-2)44(24)30(47)48-27-8-19(9-27)28(45)46)43(29-39-13-20(14-40-29)21-15-41-42(3)17-21)16-18-6-22(31(33,34)35)10-23(7-18)32(36,37)38/h8-9,12-16,18-20,22,27-28H,4-7,10-11,17H2,1-3H3,(H,45,46);6-7,10,13-15,17,19,24-27H,4-5,8-9,11-12,16H2,1-3H3,(H,45,46)/t19-,20+,22?,27?,28?;19?,24-,25+,26?,27?. The van der Waals surface area contributed by atoms with Crippen LogP contribution in [-0.2, 0) is 71.0 Å². The van der Waals surface area contributed by atoms with Crippen LogP contribution in [0.15, 0.2) is 92.0 Å². The number of aliphatic carboxylic acids is 2. The zero-order valence-corrected chi connectivity index (χ0v) is 53.1. The van der Waals surface area contributed by atoms with Crippen molar-refractivity contribution in [3.8, 4) is 22.3 Å². The van der Waals surface area contributed by atoms with Gasteiger partial charge in [0.05, 0.1) is 40.3 Å². The van der Waals surface area contributed by atoms with Gasteiger partial charge in [0.2, 0.25) is 11.9 Å². The molecule has 19 nitrogen and oxygen atoms in total. The van der Waals surface area contributed by atoms with E-state index in [1.54, 1.807) is 70.0 Å². The van der Waals surface area contributed by atoms with E-state index in [1.807, 2.05) is 43.9 Å². The number of carbonyl (C=O) groups is 4. The minimum absolute atomic E-state index is 0.0954. The second-order valence-electron chi connectivity index (χ2n) is 25.2. The number of aromatic nitrogens is 7. The van der Waals surface area contributed by atoms with Crippen LogP contribution in [0.1, 0.15) is 138 Å². The number of alkyl halides is 12. The van der Waals surface area contributed by atoms with E-state index in [4.69, 9.17) is 9.47 Å². The molecule has 2 aliphatic carbocycles. The molecule has 4 aliphatic rings. The Morgan fingerprint density at radius 3 is 1.29 bits per heavy atom. The second-order valence-corrected chi connectivity index (χ2v) is 25.2. The van der Waals surface area contributed by atoms with Crippen LogP contribution in [0.4, 0.5) is 74.2 Å². The van der Waals surface area contributed by atoms with Crippen molar-refractivity contribution in [2.75, 3.05) is 9.80 Å². The van der Waals surface area contributed by atoms with Gasteiger partial charge in [0.25, 0.3) is 0 Å². The summed E-state index contributed by atoms with van der Waals surface area (Å²) in [4.78, 5) is 73.6. The van der Waals surface area contributed by atoms with Crippen molar-refractivity contribution in [2.24, 2.45) is 25.9 Å². The molecule has 2 aliphatic heterocycles. The summed E-state index contributed by atoms with van der Waals surface area (Å²) < 4.78 is 180. The lowest BCUT2D eigenvalue weighted by molar-refractivity contribution is -0.149. The summed E-state index contributed by atoms with van der Waals surface area (Å²) in [6, 6.07) is 2.33. The Hall–Kier alpha value is -8.67. The zero-order valence-electron chi connectivity index (χ0n) is 53.1. The van der Waals surface area contributed by atoms with Crippen LogP contribution in [0.5, 0.6) is 0 Å². The number of amides is 2. The maximum absolute atomic E-state index is 13.8. The summed E-state index contributed by atoms with van der Waals surface area (Å²) >= 11 is 0. The van der Waals surface area contributed by atoms with E-state index in [-0.39, 0.29) is 73.2 Å². The van der Waals surface area contributed by atoms with Gasteiger partial charge in [-0.1, -0.05) is 13.8 Å². The molecule has 2 saturated heterocycles. The molecule has 0 radical (unpaired) electrons. The van der Waals surface area contributed by atoms with Gasteiger partial charge in [-0.15, -0.1) is 0 Å². The molecule has 0 bridgehead atoms. The van der Waals surface area contributed by atoms with E-state index in [1.165, 1.54) is 12.4 Å². The first-order valence-corrected chi connectivity index (χ1v) is 31.4. The number of piperidine rings is 2. The van der Waals surface area contributed by atoms with Gasteiger partial charge in [-0.2, -0.15) is 57.8 Å². The maximum atomic E-state index is 13.8. The Bertz CT molecular complexity index is 3590. The lowest BCUT2D eigenvalue weighted by Crippen LogP contribution is -2.57. The molecule has 2 amide bonds. The predicted molar refractivity (Wildman–Crippen MR) is 323 cm³/mol. The first kappa shape index (κ1) is 71.6. The summed E-state index contributed by atoms with van der Waals surface area (Å²) in [7, 11) is 3.58. The fraction of sp³-hybridized carbons (Fsp3) is 0.523. The number of likely N-dealkylation sites (tertiary alicyclic amines) is 2. The van der Waals surface area contributed by atoms with Gasteiger partial charge in [0.15, 0.2) is 0 Å². The van der Waals surface area contributed by atoms with Crippen LogP contribution in [-0.4, -0.2) is 127 Å². The third-order valence-electron chi connectivity index (χ3n) is 18.3. The average molecular weight is 1360 g/mol. The van der Waals surface area contributed by atoms with Gasteiger partial charge in [-0.05, 0) is 144 Å². The first-order valence-electron chi connectivity index (χ1n) is 31.4. The van der Waals surface area contributed by atoms with Gasteiger partial charge in [-0.3, -0.25) is 14.3 Å². The molecule has 10 rings (SSSR count). The highest BCUT2D eigenvalue weighted by molar-refractivity contribution is 5.73. The minimum Gasteiger partial charge on any atom is -0.481 e. The molecule has 2 N–H and O–H groups in total. The Morgan fingerprint density at radius 2 is 0.917 bits per heavy atom. The fourth-order valence-corrected chi connectivity index (χ4v) is 13.2. The van der Waals surface area contributed by atoms with Crippen molar-refractivity contribution in [3.05, 3.63) is 125 Å². The number of aryl methyl sites for hydroxylation is 2. The van der Waals surface area contributed by atoms with Crippen LogP contribution < -0.4 is 9.80 Å². The van der Waals surface area contributed by atoms with Gasteiger partial charge in [-0.25, -0.2) is 29.5 Å². The number of anilines is 2. The number of halogens is 12. The predicted octanol–water partition coefficient (Wildman–Crippen LogP) is 14.5. The maximum Gasteiger partial charge on any atom is 0.416 e. The highest BCUT2D eigenvalue weighted by Crippen LogP contribution is 2.42. The monoisotopic (exact) mass is 1360 g/mol. The average Bonchev–Trinajstić information content (AvgIpc) is 0.867. The van der Waals surface area contributed by atoms with Gasteiger partial charge in [0, 0.05) is 129 Å². The first-order chi connectivity index (χ1) is 45.1. The summed E-state index contributed by atoms with van der Waals surface area (Å²) in [5.74, 6) is -2.62. The molecule has 4 aromatic heterocycles. The number of ether oxygens (including phenoxy) is 2. The minimum atomic E-state index is -5.01. The molecule has 2 aromatic carbocycles. The number of carboxylic acid groups (broad SMARTS) is 2. The largest absolute Gasteiger partial charge is 0.481 e. The lowest BCUT2D eigenvalue weighted by atomic mass is 9.82. The molecule has 2 saturated carbocycles. The smallest absolute Gasteiger partial charge is 0.416 e. The van der Waals surface area contributed by atoms with Crippen molar-refractivity contribution >= 4 is 36.0 Å². The van der Waals surface area contributed by atoms with Crippen LogP contribution in [0.2, 0.25) is 0 Å². The topological polar surface area (TPSA) is 214 Å². The second kappa shape index (κ2) is 29.0. The molecule has 4 fully saturated rings. The van der Waals surface area contributed by atoms with E-state index in [0.29, 0.717) is 105 Å². The number of nitrogens with zero attached hydrogens (tertiary/aromatic N) is 11. The van der Waals surface area contributed by atoms with Crippen molar-refractivity contribution in [3.63, 3.8) is 0 Å². The quantitative estimate of drug-likeness (QED) is 0.0862. The van der Waals surface area contributed by atoms with E-state index in [9.17, 15) is 82.1 Å². The number of carbonyl (C=O) groups excluding carboxylic acids is 2. The molecular weight excluding hydrogens is 1290 g/mol. The fourth-order valence-electron chi connectivity index (χ4n) is 13.2. The molecule has 6 aromatic rings. The van der Waals surface area contributed by atoms with E-state index >= 15 is 0 Å². The molecule has 6 heterocycles. The van der Waals surface area contributed by atoms with E-state index < -0.39 is 119 Å². The van der Waals surface area contributed by atoms with E-state index in [0.717, 1.165) is 5.56 Å². The highest BCUT2D eigenvalue weighted by Gasteiger charge is 2.46.